The Hall–Kier alpha value is -3.41. The predicted molar refractivity (Wildman–Crippen MR) is 118 cm³/mol. The maximum absolute atomic E-state index is 14.3. The van der Waals surface area contributed by atoms with Crippen LogP contribution in [0.15, 0.2) is 60.7 Å². The fourth-order valence-electron chi connectivity index (χ4n) is 4.24. The molecule has 5 nitrogen and oxygen atoms in total. The number of nitrogens with zero attached hydrogens (tertiary/aromatic N) is 2. The molecule has 1 N–H and O–H groups in total. The highest BCUT2D eigenvalue weighted by molar-refractivity contribution is 5.96. The Kier molecular flexibility index (Phi) is 5.89. The van der Waals surface area contributed by atoms with Crippen LogP contribution >= 0.6 is 0 Å². The van der Waals surface area contributed by atoms with E-state index in [0.29, 0.717) is 42.7 Å². The van der Waals surface area contributed by atoms with E-state index in [4.69, 9.17) is 0 Å². The van der Waals surface area contributed by atoms with E-state index < -0.39 is 0 Å². The Morgan fingerprint density at radius 3 is 2.29 bits per heavy atom. The zero-order valence-electron chi connectivity index (χ0n) is 17.8. The summed E-state index contributed by atoms with van der Waals surface area (Å²) in [5.74, 6) is -0.458. The lowest BCUT2D eigenvalue weighted by Crippen LogP contribution is -2.46. The van der Waals surface area contributed by atoms with Gasteiger partial charge in [0.2, 0.25) is 0 Å². The first-order valence-electron chi connectivity index (χ1n) is 10.5. The fraction of sp³-hybridized carbons (Fsp3) is 0.280. The first-order chi connectivity index (χ1) is 15.0. The molecule has 0 bridgehead atoms. The quantitative estimate of drug-likeness (QED) is 0.687. The molecule has 0 atom stereocenters. The zero-order valence-corrected chi connectivity index (χ0v) is 17.8. The number of rotatable bonds is 4. The molecule has 1 aliphatic heterocycles. The number of halogens is 1. The molecule has 2 amide bonds. The Bertz CT molecular complexity index is 1100. The second-order valence-corrected chi connectivity index (χ2v) is 7.98. The molecule has 1 saturated heterocycles. The van der Waals surface area contributed by atoms with Crippen molar-refractivity contribution in [1.82, 2.24) is 14.8 Å². The minimum Gasteiger partial charge on any atom is -0.349 e. The highest BCUT2D eigenvalue weighted by Crippen LogP contribution is 2.25. The van der Waals surface area contributed by atoms with E-state index in [1.165, 1.54) is 6.07 Å². The number of carbonyl (C=O) groups is 2. The second kappa shape index (κ2) is 8.76. The topological polar surface area (TPSA) is 54.3 Å². The maximum Gasteiger partial charge on any atom is 0.255 e. The lowest BCUT2D eigenvalue weighted by atomic mass is 10.0. The average molecular weight is 420 g/mol. The summed E-state index contributed by atoms with van der Waals surface area (Å²) in [6.45, 7) is 4.87. The number of likely N-dealkylation sites (tertiary alicyclic amines) is 1. The summed E-state index contributed by atoms with van der Waals surface area (Å²) in [7, 11) is 0. The van der Waals surface area contributed by atoms with Crippen molar-refractivity contribution in [3.8, 4) is 5.69 Å². The number of aromatic nitrogens is 1. The third-order valence-corrected chi connectivity index (χ3v) is 5.91. The van der Waals surface area contributed by atoms with Gasteiger partial charge in [-0.2, -0.15) is 0 Å². The Morgan fingerprint density at radius 2 is 1.61 bits per heavy atom. The standard InChI is InChI=1S/C25H26FN3O2/c1-17-16-21(18(2)29(17)23-11-7-6-10-22(23)26)25(31)28-14-12-20(13-15-28)27-24(30)19-8-4-3-5-9-19/h3-11,16,20H,12-15H2,1-2H3,(H,27,30). The molecule has 160 valence electrons. The summed E-state index contributed by atoms with van der Waals surface area (Å²) < 4.78 is 16.1. The van der Waals surface area contributed by atoms with Gasteiger partial charge in [-0.05, 0) is 57.0 Å². The predicted octanol–water partition coefficient (Wildman–Crippen LogP) is 4.27. The Morgan fingerprint density at radius 1 is 0.968 bits per heavy atom. The molecule has 31 heavy (non-hydrogen) atoms. The van der Waals surface area contributed by atoms with Crippen molar-refractivity contribution in [2.75, 3.05) is 13.1 Å². The molecule has 1 aromatic heterocycles. The third-order valence-electron chi connectivity index (χ3n) is 5.91. The molecule has 6 heteroatoms. The van der Waals surface area contributed by atoms with Gasteiger partial charge >= 0.3 is 0 Å². The van der Waals surface area contributed by atoms with Gasteiger partial charge < -0.3 is 14.8 Å². The van der Waals surface area contributed by atoms with Crippen LogP contribution in [0.3, 0.4) is 0 Å². The number of benzene rings is 2. The first kappa shape index (κ1) is 20.8. The largest absolute Gasteiger partial charge is 0.349 e. The van der Waals surface area contributed by atoms with E-state index in [9.17, 15) is 14.0 Å². The van der Waals surface area contributed by atoms with Crippen LogP contribution in [-0.4, -0.2) is 40.4 Å². The number of aryl methyl sites for hydroxylation is 1. The van der Waals surface area contributed by atoms with Gasteiger partial charge in [-0.15, -0.1) is 0 Å². The molecule has 1 fully saturated rings. The van der Waals surface area contributed by atoms with Crippen molar-refractivity contribution < 1.29 is 14.0 Å². The summed E-state index contributed by atoms with van der Waals surface area (Å²) in [6.07, 6.45) is 1.41. The van der Waals surface area contributed by atoms with E-state index in [0.717, 1.165) is 11.4 Å². The molecular formula is C25H26FN3O2. The highest BCUT2D eigenvalue weighted by atomic mass is 19.1. The van der Waals surface area contributed by atoms with Crippen LogP contribution in [0.4, 0.5) is 4.39 Å². The zero-order chi connectivity index (χ0) is 22.0. The van der Waals surface area contributed by atoms with E-state index in [1.54, 1.807) is 34.9 Å². The third kappa shape index (κ3) is 4.24. The smallest absolute Gasteiger partial charge is 0.255 e. The summed E-state index contributed by atoms with van der Waals surface area (Å²) >= 11 is 0. The monoisotopic (exact) mass is 419 g/mol. The van der Waals surface area contributed by atoms with Crippen LogP contribution in [-0.2, 0) is 0 Å². The summed E-state index contributed by atoms with van der Waals surface area (Å²) in [5.41, 5.74) is 3.22. The molecule has 0 spiro atoms. The van der Waals surface area contributed by atoms with Crippen molar-refractivity contribution in [3.05, 3.63) is 89.0 Å². The van der Waals surface area contributed by atoms with Crippen molar-refractivity contribution in [2.45, 2.75) is 32.7 Å². The van der Waals surface area contributed by atoms with Crippen LogP contribution in [0, 0.1) is 19.7 Å². The summed E-state index contributed by atoms with van der Waals surface area (Å²) in [4.78, 5) is 27.4. The molecule has 0 unspecified atom stereocenters. The van der Waals surface area contributed by atoms with Gasteiger partial charge in [-0.3, -0.25) is 9.59 Å². The van der Waals surface area contributed by atoms with Gasteiger partial charge in [-0.1, -0.05) is 30.3 Å². The minimum absolute atomic E-state index is 0.0441. The van der Waals surface area contributed by atoms with E-state index in [2.05, 4.69) is 5.32 Å². The Labute approximate surface area is 181 Å². The average Bonchev–Trinajstić information content (AvgIpc) is 3.08. The normalized spacial score (nSPS) is 14.5. The van der Waals surface area contributed by atoms with Crippen LogP contribution in [0.2, 0.25) is 0 Å². The number of carbonyl (C=O) groups excluding carboxylic acids is 2. The van der Waals surface area contributed by atoms with Gasteiger partial charge in [0.05, 0.1) is 11.3 Å². The van der Waals surface area contributed by atoms with Gasteiger partial charge in [0.15, 0.2) is 0 Å². The lowest BCUT2D eigenvalue weighted by Gasteiger charge is -2.32. The summed E-state index contributed by atoms with van der Waals surface area (Å²) in [5, 5.41) is 3.06. The SMILES string of the molecule is Cc1cc(C(=O)N2CCC(NC(=O)c3ccccc3)CC2)c(C)n1-c1ccccc1F. The van der Waals surface area contributed by atoms with Crippen molar-refractivity contribution in [3.63, 3.8) is 0 Å². The highest BCUT2D eigenvalue weighted by Gasteiger charge is 2.27. The number of hydrogen-bond donors (Lipinski definition) is 1. The fourth-order valence-corrected chi connectivity index (χ4v) is 4.24. The summed E-state index contributed by atoms with van der Waals surface area (Å²) in [6, 6.07) is 17.6. The van der Waals surface area contributed by atoms with Crippen LogP contribution in [0.1, 0.15) is 44.9 Å². The van der Waals surface area contributed by atoms with E-state index in [1.807, 2.05) is 43.0 Å². The number of piperidine rings is 1. The van der Waals surface area contributed by atoms with E-state index >= 15 is 0 Å². The van der Waals surface area contributed by atoms with E-state index in [-0.39, 0.29) is 23.7 Å². The van der Waals surface area contributed by atoms with Crippen LogP contribution in [0.5, 0.6) is 0 Å². The molecule has 1 aliphatic rings. The number of amides is 2. The van der Waals surface area contributed by atoms with Crippen molar-refractivity contribution in [1.29, 1.82) is 0 Å². The maximum atomic E-state index is 14.3. The minimum atomic E-state index is -0.321. The Balaban J connectivity index is 1.43. The second-order valence-electron chi connectivity index (χ2n) is 7.98. The first-order valence-corrected chi connectivity index (χ1v) is 10.5. The van der Waals surface area contributed by atoms with Gasteiger partial charge in [0.25, 0.3) is 11.8 Å². The molecule has 3 aromatic rings. The number of para-hydroxylation sites is 1. The van der Waals surface area contributed by atoms with Gasteiger partial charge in [0, 0.05) is 36.1 Å². The van der Waals surface area contributed by atoms with Crippen LogP contribution < -0.4 is 5.32 Å². The molecule has 0 aliphatic carbocycles. The number of hydrogen-bond acceptors (Lipinski definition) is 2. The van der Waals surface area contributed by atoms with Gasteiger partial charge in [0.1, 0.15) is 5.82 Å². The molecule has 4 rings (SSSR count). The van der Waals surface area contributed by atoms with Gasteiger partial charge in [-0.25, -0.2) is 4.39 Å². The lowest BCUT2D eigenvalue weighted by molar-refractivity contribution is 0.0697. The van der Waals surface area contributed by atoms with Crippen molar-refractivity contribution >= 4 is 11.8 Å². The molecule has 0 saturated carbocycles. The molecule has 0 radical (unpaired) electrons. The number of nitrogens with one attached hydrogen (secondary N) is 1. The van der Waals surface area contributed by atoms with Crippen LogP contribution in [0.25, 0.3) is 5.69 Å². The molecule has 2 aromatic carbocycles. The molecule has 2 heterocycles. The molecular weight excluding hydrogens is 393 g/mol. The van der Waals surface area contributed by atoms with Crippen molar-refractivity contribution in [2.24, 2.45) is 0 Å².